The number of Topliss-reactive ketones (excluding diaryl/α,β-unsaturated/α-hetero) is 1. The second kappa shape index (κ2) is 4.93. The lowest BCUT2D eigenvalue weighted by Gasteiger charge is -2.09. The largest absolute Gasteiger partial charge is 0.496 e. The summed E-state index contributed by atoms with van der Waals surface area (Å²) in [5.74, 6) is -0.134. The number of rotatable bonds is 4. The number of benzene rings is 1. The van der Waals surface area contributed by atoms with E-state index in [1.807, 2.05) is 0 Å². The maximum atomic E-state index is 11.6. The van der Waals surface area contributed by atoms with Crippen molar-refractivity contribution >= 4 is 33.1 Å². The molecule has 1 rings (SSSR count). The number of nitro benzene ring substituents is 1. The van der Waals surface area contributed by atoms with Crippen molar-refractivity contribution in [1.82, 2.24) is 0 Å². The average molecular weight is 289 g/mol. The van der Waals surface area contributed by atoms with Gasteiger partial charge in [-0.1, -0.05) is 15.9 Å². The number of nitrogens with zero attached hydrogens (tertiary/aromatic N) is 1. The van der Waals surface area contributed by atoms with Gasteiger partial charge in [0.15, 0.2) is 5.78 Å². The van der Waals surface area contributed by atoms with Gasteiger partial charge in [0.05, 0.1) is 22.9 Å². The van der Waals surface area contributed by atoms with Gasteiger partial charge in [0, 0.05) is 6.07 Å². The van der Waals surface area contributed by atoms with Crippen LogP contribution in [0.25, 0.3) is 0 Å². The molecule has 2 N–H and O–H groups in total. The smallest absolute Gasteiger partial charge is 0.293 e. The van der Waals surface area contributed by atoms with Crippen LogP contribution in [-0.4, -0.2) is 23.1 Å². The van der Waals surface area contributed by atoms with Gasteiger partial charge < -0.3 is 10.5 Å². The van der Waals surface area contributed by atoms with Crippen LogP contribution in [0.4, 0.5) is 11.4 Å². The van der Waals surface area contributed by atoms with Crippen LogP contribution in [0.1, 0.15) is 10.4 Å². The Labute approximate surface area is 99.7 Å². The van der Waals surface area contributed by atoms with E-state index in [2.05, 4.69) is 15.9 Å². The number of nitrogen functional groups attached to an aromatic ring is 1. The molecule has 0 aromatic heterocycles. The van der Waals surface area contributed by atoms with Crippen molar-refractivity contribution in [2.75, 3.05) is 18.2 Å². The summed E-state index contributed by atoms with van der Waals surface area (Å²) in [5, 5.41) is 10.7. The third-order valence-electron chi connectivity index (χ3n) is 2.00. The normalized spacial score (nSPS) is 9.88. The third-order valence-corrected chi connectivity index (χ3v) is 2.51. The van der Waals surface area contributed by atoms with Crippen molar-refractivity contribution in [3.05, 3.63) is 27.8 Å². The van der Waals surface area contributed by atoms with E-state index in [0.717, 1.165) is 0 Å². The number of methoxy groups -OCH3 is 1. The Hall–Kier alpha value is -1.63. The Balaban J connectivity index is 3.46. The highest BCUT2D eigenvalue weighted by atomic mass is 79.9. The van der Waals surface area contributed by atoms with Crippen molar-refractivity contribution in [2.24, 2.45) is 0 Å². The fraction of sp³-hybridized carbons (Fsp3) is 0.222. The number of carbonyl (C=O) groups excluding carboxylic acids is 1. The number of nitrogens with two attached hydrogens (primary N) is 1. The van der Waals surface area contributed by atoms with Gasteiger partial charge in [0.25, 0.3) is 5.69 Å². The van der Waals surface area contributed by atoms with Gasteiger partial charge in [0.1, 0.15) is 11.4 Å². The molecule has 0 radical (unpaired) electrons. The molecule has 1 aromatic carbocycles. The molecule has 0 aliphatic heterocycles. The lowest BCUT2D eigenvalue weighted by molar-refractivity contribution is -0.383. The van der Waals surface area contributed by atoms with Crippen LogP contribution in [0.2, 0.25) is 0 Å². The zero-order chi connectivity index (χ0) is 12.3. The van der Waals surface area contributed by atoms with Crippen LogP contribution >= 0.6 is 15.9 Å². The highest BCUT2D eigenvalue weighted by Gasteiger charge is 2.23. The molecule has 86 valence electrons. The molecule has 0 aliphatic carbocycles. The summed E-state index contributed by atoms with van der Waals surface area (Å²) < 4.78 is 4.94. The molecule has 0 aliphatic rings. The fourth-order valence-corrected chi connectivity index (χ4v) is 1.55. The van der Waals surface area contributed by atoms with Crippen LogP contribution in [0.5, 0.6) is 5.75 Å². The number of alkyl halides is 1. The van der Waals surface area contributed by atoms with Gasteiger partial charge in [-0.25, -0.2) is 0 Å². The first-order chi connectivity index (χ1) is 7.52. The molecule has 0 saturated carbocycles. The van der Waals surface area contributed by atoms with Gasteiger partial charge in [-0.05, 0) is 6.07 Å². The highest BCUT2D eigenvalue weighted by molar-refractivity contribution is 9.09. The maximum absolute atomic E-state index is 11.6. The van der Waals surface area contributed by atoms with Gasteiger partial charge in [-0.2, -0.15) is 0 Å². The SMILES string of the molecule is COc1ccc([N+](=O)[O-])c(N)c1C(=O)CBr. The number of hydrogen-bond donors (Lipinski definition) is 1. The van der Waals surface area contributed by atoms with Crippen LogP contribution in [0.15, 0.2) is 12.1 Å². The molecule has 0 atom stereocenters. The minimum absolute atomic E-state index is 0.0225. The summed E-state index contributed by atoms with van der Waals surface area (Å²) in [6, 6.07) is 2.56. The van der Waals surface area contributed by atoms with Gasteiger partial charge in [0.2, 0.25) is 0 Å². The highest BCUT2D eigenvalue weighted by Crippen LogP contribution is 2.33. The Bertz CT molecular complexity index is 447. The standard InChI is InChI=1S/C9H9BrN2O4/c1-16-7-3-2-5(12(14)15)9(11)8(7)6(13)4-10/h2-3H,4,11H2,1H3. The average Bonchev–Trinajstić information content (AvgIpc) is 2.26. The van der Waals surface area contributed by atoms with Gasteiger partial charge in [-0.15, -0.1) is 0 Å². The van der Waals surface area contributed by atoms with Gasteiger partial charge >= 0.3 is 0 Å². The van der Waals surface area contributed by atoms with Crippen molar-refractivity contribution in [2.45, 2.75) is 0 Å². The Morgan fingerprint density at radius 3 is 2.69 bits per heavy atom. The number of hydrogen-bond acceptors (Lipinski definition) is 5. The molecule has 1 aromatic rings. The first kappa shape index (κ1) is 12.4. The topological polar surface area (TPSA) is 95.5 Å². The molecule has 0 saturated heterocycles. The molecular formula is C9H9BrN2O4. The Kier molecular flexibility index (Phi) is 3.83. The molecule has 0 heterocycles. The summed E-state index contributed by atoms with van der Waals surface area (Å²) in [7, 11) is 1.37. The molecule has 0 bridgehead atoms. The third kappa shape index (κ3) is 2.13. The van der Waals surface area contributed by atoms with E-state index in [4.69, 9.17) is 10.5 Å². The van der Waals surface area contributed by atoms with Crippen LogP contribution in [-0.2, 0) is 0 Å². The lowest BCUT2D eigenvalue weighted by atomic mass is 10.1. The van der Waals surface area contributed by atoms with E-state index >= 15 is 0 Å². The van der Waals surface area contributed by atoms with Crippen LogP contribution < -0.4 is 10.5 Å². The first-order valence-electron chi connectivity index (χ1n) is 4.23. The molecule has 16 heavy (non-hydrogen) atoms. The second-order valence-corrected chi connectivity index (χ2v) is 3.45. The Morgan fingerprint density at radius 2 is 2.25 bits per heavy atom. The van der Waals surface area contributed by atoms with Crippen molar-refractivity contribution < 1.29 is 14.5 Å². The van der Waals surface area contributed by atoms with E-state index in [1.54, 1.807) is 0 Å². The monoisotopic (exact) mass is 288 g/mol. The number of ether oxygens (including phenoxy) is 1. The van der Waals surface area contributed by atoms with Crippen LogP contribution in [0.3, 0.4) is 0 Å². The van der Waals surface area contributed by atoms with Crippen LogP contribution in [0, 0.1) is 10.1 Å². The maximum Gasteiger partial charge on any atom is 0.293 e. The Morgan fingerprint density at radius 1 is 1.62 bits per heavy atom. The number of anilines is 1. The quantitative estimate of drug-likeness (QED) is 0.299. The zero-order valence-corrected chi connectivity index (χ0v) is 9.98. The molecular weight excluding hydrogens is 280 g/mol. The summed E-state index contributed by atoms with van der Waals surface area (Å²) in [6.45, 7) is 0. The van der Waals surface area contributed by atoms with Crippen molar-refractivity contribution in [1.29, 1.82) is 0 Å². The van der Waals surface area contributed by atoms with Crippen molar-refractivity contribution in [3.8, 4) is 5.75 Å². The van der Waals surface area contributed by atoms with E-state index < -0.39 is 4.92 Å². The zero-order valence-electron chi connectivity index (χ0n) is 8.40. The number of ketones is 1. The molecule has 6 nitrogen and oxygen atoms in total. The molecule has 0 amide bonds. The minimum Gasteiger partial charge on any atom is -0.496 e. The number of halogens is 1. The van der Waals surface area contributed by atoms with E-state index in [0.29, 0.717) is 0 Å². The van der Waals surface area contributed by atoms with Crippen molar-refractivity contribution in [3.63, 3.8) is 0 Å². The molecule has 7 heteroatoms. The molecule has 0 unspecified atom stereocenters. The van der Waals surface area contributed by atoms with E-state index in [-0.39, 0.29) is 33.8 Å². The second-order valence-electron chi connectivity index (χ2n) is 2.89. The predicted molar refractivity (Wildman–Crippen MR) is 62.2 cm³/mol. The van der Waals surface area contributed by atoms with Gasteiger partial charge in [-0.3, -0.25) is 14.9 Å². The lowest BCUT2D eigenvalue weighted by Crippen LogP contribution is -2.09. The molecule has 0 spiro atoms. The predicted octanol–water partition coefficient (Wildman–Crippen LogP) is 1.76. The fourth-order valence-electron chi connectivity index (χ4n) is 1.27. The summed E-state index contributed by atoms with van der Waals surface area (Å²) in [4.78, 5) is 21.6. The van der Waals surface area contributed by atoms with E-state index in [1.165, 1.54) is 19.2 Å². The summed E-state index contributed by atoms with van der Waals surface area (Å²) >= 11 is 2.98. The molecule has 0 fully saturated rings. The number of carbonyl (C=O) groups is 1. The minimum atomic E-state index is -0.639. The van der Waals surface area contributed by atoms with E-state index in [9.17, 15) is 14.9 Å². The summed E-state index contributed by atoms with van der Waals surface area (Å²) in [5.41, 5.74) is 5.14. The summed E-state index contributed by atoms with van der Waals surface area (Å²) in [6.07, 6.45) is 0. The number of nitro groups is 1. The first-order valence-corrected chi connectivity index (χ1v) is 5.35.